The number of benzene rings is 1. The maximum Gasteiger partial charge on any atom is 0.251 e. The monoisotopic (exact) mass is 352 g/mol. The lowest BCUT2D eigenvalue weighted by Crippen LogP contribution is -2.54. The van der Waals surface area contributed by atoms with Crippen molar-refractivity contribution in [2.24, 2.45) is 5.92 Å². The first-order chi connectivity index (χ1) is 11.5. The lowest BCUT2D eigenvalue weighted by molar-refractivity contribution is 0.0898. The Morgan fingerprint density at radius 3 is 2.62 bits per heavy atom. The topological polar surface area (TPSA) is 41.1 Å². The predicted molar refractivity (Wildman–Crippen MR) is 94.9 cm³/mol. The summed E-state index contributed by atoms with van der Waals surface area (Å²) in [4.78, 5) is 12.2. The van der Waals surface area contributed by atoms with Gasteiger partial charge in [0.25, 0.3) is 5.91 Å². The van der Waals surface area contributed by atoms with Gasteiger partial charge in [0.15, 0.2) is 0 Å². The molecular formula is C19H26ClFN2O. The van der Waals surface area contributed by atoms with E-state index < -0.39 is 5.82 Å². The number of carbonyl (C=O) groups excluding carboxylic acids is 1. The van der Waals surface area contributed by atoms with Gasteiger partial charge in [0.05, 0.1) is 0 Å². The molecule has 1 amide bonds. The molecule has 2 saturated carbocycles. The molecule has 0 unspecified atom stereocenters. The van der Waals surface area contributed by atoms with Crippen molar-refractivity contribution in [3.8, 4) is 0 Å². The molecule has 24 heavy (non-hydrogen) atoms. The molecule has 0 saturated heterocycles. The van der Waals surface area contributed by atoms with Crippen LogP contribution in [0.1, 0.15) is 62.2 Å². The van der Waals surface area contributed by atoms with Crippen LogP contribution in [0.3, 0.4) is 0 Å². The van der Waals surface area contributed by atoms with Crippen LogP contribution < -0.4 is 10.6 Å². The van der Waals surface area contributed by atoms with Gasteiger partial charge in [0, 0.05) is 28.7 Å². The van der Waals surface area contributed by atoms with E-state index in [1.54, 1.807) is 0 Å². The van der Waals surface area contributed by atoms with Crippen molar-refractivity contribution in [3.05, 3.63) is 34.6 Å². The molecular weight excluding hydrogens is 327 g/mol. The minimum absolute atomic E-state index is 0.163. The van der Waals surface area contributed by atoms with Gasteiger partial charge < -0.3 is 10.6 Å². The molecule has 3 rings (SSSR count). The number of hydrogen-bond donors (Lipinski definition) is 2. The Kier molecular flexibility index (Phi) is 5.77. The highest BCUT2D eigenvalue weighted by molar-refractivity contribution is 6.31. The van der Waals surface area contributed by atoms with E-state index in [1.807, 2.05) is 0 Å². The minimum Gasteiger partial charge on any atom is -0.349 e. The molecule has 0 aliphatic heterocycles. The number of amides is 1. The van der Waals surface area contributed by atoms with Gasteiger partial charge in [-0.05, 0) is 50.3 Å². The van der Waals surface area contributed by atoms with Crippen molar-refractivity contribution in [3.63, 3.8) is 0 Å². The zero-order valence-corrected chi connectivity index (χ0v) is 14.9. The van der Waals surface area contributed by atoms with Crippen LogP contribution in [0.2, 0.25) is 5.02 Å². The lowest BCUT2D eigenvalue weighted by atomic mass is 9.85. The molecule has 1 aromatic rings. The quantitative estimate of drug-likeness (QED) is 0.801. The molecule has 0 spiro atoms. The van der Waals surface area contributed by atoms with Gasteiger partial charge in [-0.2, -0.15) is 0 Å². The average molecular weight is 353 g/mol. The molecule has 1 aromatic carbocycles. The Balaban J connectivity index is 1.39. The molecule has 2 aliphatic carbocycles. The summed E-state index contributed by atoms with van der Waals surface area (Å²) in [6.45, 7) is 2.26. The van der Waals surface area contributed by atoms with Gasteiger partial charge in [0.2, 0.25) is 0 Å². The molecule has 0 radical (unpaired) electrons. The first-order valence-electron chi connectivity index (χ1n) is 9.02. The Bertz CT molecular complexity index is 562. The second kappa shape index (κ2) is 7.83. The van der Waals surface area contributed by atoms with Crippen LogP contribution in [0.4, 0.5) is 4.39 Å². The van der Waals surface area contributed by atoms with Crippen LogP contribution >= 0.6 is 11.6 Å². The van der Waals surface area contributed by atoms with E-state index in [4.69, 9.17) is 11.6 Å². The molecule has 132 valence electrons. The number of rotatable bonds is 6. The number of carbonyl (C=O) groups is 1. The van der Waals surface area contributed by atoms with Crippen molar-refractivity contribution in [2.75, 3.05) is 0 Å². The minimum atomic E-state index is -0.485. The van der Waals surface area contributed by atoms with E-state index in [1.165, 1.54) is 50.3 Å². The molecule has 3 nitrogen and oxygen atoms in total. The van der Waals surface area contributed by atoms with Crippen molar-refractivity contribution in [1.29, 1.82) is 0 Å². The lowest BCUT2D eigenvalue weighted by Gasteiger charge is -2.38. The van der Waals surface area contributed by atoms with Crippen LogP contribution in [0.5, 0.6) is 0 Å². The Morgan fingerprint density at radius 2 is 1.96 bits per heavy atom. The zero-order valence-electron chi connectivity index (χ0n) is 14.2. The molecule has 2 aliphatic rings. The third-order valence-electron chi connectivity index (χ3n) is 5.28. The SMILES string of the molecule is C[C@@H](CC1CCCC1)NC1CC(NC(=O)c2cc(F)cc(Cl)c2)C1. The second-order valence-electron chi connectivity index (χ2n) is 7.45. The first kappa shape index (κ1) is 17.7. The first-order valence-corrected chi connectivity index (χ1v) is 9.40. The molecule has 5 heteroatoms. The number of hydrogen-bond acceptors (Lipinski definition) is 2. The summed E-state index contributed by atoms with van der Waals surface area (Å²) in [6.07, 6.45) is 8.66. The van der Waals surface area contributed by atoms with Crippen LogP contribution in [-0.4, -0.2) is 24.0 Å². The number of nitrogens with one attached hydrogen (secondary N) is 2. The predicted octanol–water partition coefficient (Wildman–Crippen LogP) is 4.30. The fourth-order valence-corrected chi connectivity index (χ4v) is 4.26. The van der Waals surface area contributed by atoms with Crippen LogP contribution in [-0.2, 0) is 0 Å². The van der Waals surface area contributed by atoms with Gasteiger partial charge in [0.1, 0.15) is 5.82 Å². The summed E-state index contributed by atoms with van der Waals surface area (Å²) in [5, 5.41) is 6.88. The number of halogens is 2. The van der Waals surface area contributed by atoms with Crippen LogP contribution in [0.15, 0.2) is 18.2 Å². The maximum atomic E-state index is 13.3. The summed E-state index contributed by atoms with van der Waals surface area (Å²) in [7, 11) is 0. The smallest absolute Gasteiger partial charge is 0.251 e. The standard InChI is InChI=1S/C19H26ClFN2O/c1-12(6-13-4-2-3-5-13)22-17-10-18(11-17)23-19(24)14-7-15(20)9-16(21)8-14/h7-9,12-13,17-18,22H,2-6,10-11H2,1H3,(H,23,24)/t12-,17?,18?/m0/s1. The Hall–Kier alpha value is -1.13. The maximum absolute atomic E-state index is 13.3. The van der Waals surface area contributed by atoms with Crippen molar-refractivity contribution >= 4 is 17.5 Å². The zero-order chi connectivity index (χ0) is 17.1. The van der Waals surface area contributed by atoms with E-state index in [2.05, 4.69) is 17.6 Å². The highest BCUT2D eigenvalue weighted by Crippen LogP contribution is 2.29. The summed E-state index contributed by atoms with van der Waals surface area (Å²) >= 11 is 5.80. The molecule has 1 atom stereocenters. The Morgan fingerprint density at radius 1 is 1.25 bits per heavy atom. The third kappa shape index (κ3) is 4.70. The van der Waals surface area contributed by atoms with Gasteiger partial charge in [-0.1, -0.05) is 37.3 Å². The summed E-state index contributed by atoms with van der Waals surface area (Å²) in [6, 6.07) is 5.10. The highest BCUT2D eigenvalue weighted by atomic mass is 35.5. The molecule has 0 aromatic heterocycles. The fourth-order valence-electron chi connectivity index (χ4n) is 4.04. The van der Waals surface area contributed by atoms with E-state index in [-0.39, 0.29) is 22.5 Å². The third-order valence-corrected chi connectivity index (χ3v) is 5.50. The summed E-state index contributed by atoms with van der Waals surface area (Å²) < 4.78 is 13.3. The Labute approximate surface area is 148 Å². The van der Waals surface area contributed by atoms with Gasteiger partial charge in [-0.3, -0.25) is 4.79 Å². The van der Waals surface area contributed by atoms with E-state index in [9.17, 15) is 9.18 Å². The fraction of sp³-hybridized carbons (Fsp3) is 0.632. The van der Waals surface area contributed by atoms with Crippen LogP contribution in [0, 0.1) is 11.7 Å². The van der Waals surface area contributed by atoms with Gasteiger partial charge in [-0.25, -0.2) is 4.39 Å². The molecule has 2 N–H and O–H groups in total. The summed E-state index contributed by atoms with van der Waals surface area (Å²) in [5.41, 5.74) is 0.283. The molecule has 0 heterocycles. The van der Waals surface area contributed by atoms with E-state index in [0.29, 0.717) is 12.1 Å². The molecule has 0 bridgehead atoms. The largest absolute Gasteiger partial charge is 0.349 e. The highest BCUT2D eigenvalue weighted by Gasteiger charge is 2.31. The van der Waals surface area contributed by atoms with Gasteiger partial charge >= 0.3 is 0 Å². The van der Waals surface area contributed by atoms with Crippen LogP contribution in [0.25, 0.3) is 0 Å². The van der Waals surface area contributed by atoms with Crippen molar-refractivity contribution in [1.82, 2.24) is 10.6 Å². The van der Waals surface area contributed by atoms with E-state index in [0.717, 1.165) is 18.8 Å². The van der Waals surface area contributed by atoms with E-state index >= 15 is 0 Å². The normalized spacial score (nSPS) is 25.3. The van der Waals surface area contributed by atoms with Crippen molar-refractivity contribution < 1.29 is 9.18 Å². The average Bonchev–Trinajstić information content (AvgIpc) is 2.96. The molecule has 2 fully saturated rings. The van der Waals surface area contributed by atoms with Gasteiger partial charge in [-0.15, -0.1) is 0 Å². The van der Waals surface area contributed by atoms with Crippen molar-refractivity contribution in [2.45, 2.75) is 70.0 Å². The second-order valence-corrected chi connectivity index (χ2v) is 7.89. The summed E-state index contributed by atoms with van der Waals surface area (Å²) in [5.74, 6) is 0.154.